The van der Waals surface area contributed by atoms with E-state index in [4.69, 9.17) is 4.74 Å². The lowest BCUT2D eigenvalue weighted by Crippen LogP contribution is -2.24. The number of thiophene rings is 1. The average Bonchev–Trinajstić information content (AvgIpc) is 3.31. The number of hydrogen-bond donors (Lipinski definition) is 2. The van der Waals surface area contributed by atoms with Crippen LogP contribution >= 0.6 is 11.3 Å². The van der Waals surface area contributed by atoms with Crippen LogP contribution in [0, 0.1) is 0 Å². The predicted molar refractivity (Wildman–Crippen MR) is 108 cm³/mol. The Bertz CT molecular complexity index is 1030. The lowest BCUT2D eigenvalue weighted by atomic mass is 9.92. The van der Waals surface area contributed by atoms with E-state index in [9.17, 15) is 9.59 Å². The average molecular weight is 396 g/mol. The third-order valence-corrected chi connectivity index (χ3v) is 5.62. The van der Waals surface area contributed by atoms with Crippen LogP contribution in [0.4, 0.5) is 11.6 Å². The highest BCUT2D eigenvalue weighted by Gasteiger charge is 2.34. The van der Waals surface area contributed by atoms with Crippen LogP contribution in [0.25, 0.3) is 0 Å². The molecule has 0 unspecified atom stereocenters. The van der Waals surface area contributed by atoms with Gasteiger partial charge < -0.3 is 15.4 Å². The molecule has 7 nitrogen and oxygen atoms in total. The van der Waals surface area contributed by atoms with Crippen molar-refractivity contribution in [2.24, 2.45) is 7.05 Å². The number of fused-ring (bicyclic) bond motifs is 1. The van der Waals surface area contributed by atoms with E-state index in [1.807, 2.05) is 30.5 Å². The fraction of sp³-hybridized carbons (Fsp3) is 0.250. The highest BCUT2D eigenvalue weighted by Crippen LogP contribution is 2.42. The monoisotopic (exact) mass is 396 g/mol. The maximum absolute atomic E-state index is 12.9. The molecule has 0 saturated heterocycles. The third-order valence-electron chi connectivity index (χ3n) is 4.63. The molecule has 2 N–H and O–H groups in total. The molecule has 2 aromatic heterocycles. The highest BCUT2D eigenvalue weighted by molar-refractivity contribution is 7.10. The summed E-state index contributed by atoms with van der Waals surface area (Å²) in [6, 6.07) is 11.1. The summed E-state index contributed by atoms with van der Waals surface area (Å²) in [5.41, 5.74) is 1.27. The summed E-state index contributed by atoms with van der Waals surface area (Å²) in [7, 11) is 1.75. The molecule has 4 rings (SSSR count). The maximum atomic E-state index is 12.9. The molecule has 28 heavy (non-hydrogen) atoms. The molecule has 1 atom stereocenters. The summed E-state index contributed by atoms with van der Waals surface area (Å²) in [5, 5.41) is 12.2. The van der Waals surface area contributed by atoms with E-state index in [2.05, 4.69) is 15.7 Å². The van der Waals surface area contributed by atoms with Crippen molar-refractivity contribution in [1.82, 2.24) is 9.78 Å². The molecule has 0 aliphatic carbocycles. The first kappa shape index (κ1) is 18.2. The molecule has 2 amide bonds. The number of aryl methyl sites for hydroxylation is 1. The van der Waals surface area contributed by atoms with E-state index < -0.39 is 0 Å². The minimum Gasteiger partial charge on any atom is -0.493 e. The predicted octanol–water partition coefficient (Wildman–Crippen LogP) is 3.61. The van der Waals surface area contributed by atoms with Crippen LogP contribution in [0.5, 0.6) is 5.75 Å². The number of carbonyl (C=O) groups is 2. The molecule has 144 valence electrons. The Morgan fingerprint density at radius 2 is 2.18 bits per heavy atom. The van der Waals surface area contributed by atoms with Gasteiger partial charge in [0, 0.05) is 29.8 Å². The van der Waals surface area contributed by atoms with Gasteiger partial charge in [-0.05, 0) is 30.5 Å². The fourth-order valence-corrected chi connectivity index (χ4v) is 4.26. The van der Waals surface area contributed by atoms with Crippen molar-refractivity contribution in [3.63, 3.8) is 0 Å². The number of carbonyl (C=O) groups excluding carboxylic acids is 2. The third kappa shape index (κ3) is 3.27. The Morgan fingerprint density at radius 1 is 1.36 bits per heavy atom. The van der Waals surface area contributed by atoms with Crippen molar-refractivity contribution >= 4 is 34.8 Å². The van der Waals surface area contributed by atoms with Crippen molar-refractivity contribution < 1.29 is 14.3 Å². The summed E-state index contributed by atoms with van der Waals surface area (Å²) in [6.45, 7) is 2.34. The summed E-state index contributed by atoms with van der Waals surface area (Å²) in [5.74, 6) is 1.08. The first-order chi connectivity index (χ1) is 13.6. The van der Waals surface area contributed by atoms with Crippen molar-refractivity contribution in [2.75, 3.05) is 17.2 Å². The van der Waals surface area contributed by atoms with Crippen molar-refractivity contribution in [3.8, 4) is 5.75 Å². The van der Waals surface area contributed by atoms with Crippen molar-refractivity contribution in [1.29, 1.82) is 0 Å². The normalized spacial score (nSPS) is 15.6. The number of para-hydroxylation sites is 1. The number of rotatable bonds is 5. The molecule has 8 heteroatoms. The van der Waals surface area contributed by atoms with Crippen LogP contribution in [-0.4, -0.2) is 28.2 Å². The van der Waals surface area contributed by atoms with E-state index in [0.29, 0.717) is 36.0 Å². The second-order valence-electron chi connectivity index (χ2n) is 6.44. The molecule has 0 fully saturated rings. The van der Waals surface area contributed by atoms with E-state index in [0.717, 1.165) is 10.4 Å². The standard InChI is InChI=1S/C20H20N4O3S/c1-3-27-14-8-5-4-7-12(14)20(26)22-18-17-13(15-9-6-10-28-15)11-16(25)21-19(17)24(2)23-18/h4-10,13H,3,11H2,1-2H3,(H,21,25)(H,22,23,26)/t13-/m0/s1. The topological polar surface area (TPSA) is 85.2 Å². The molecule has 0 spiro atoms. The van der Waals surface area contributed by atoms with E-state index in [1.165, 1.54) is 0 Å². The van der Waals surface area contributed by atoms with Crippen LogP contribution in [0.2, 0.25) is 0 Å². The Kier molecular flexibility index (Phi) is 4.87. The van der Waals surface area contributed by atoms with Gasteiger partial charge in [-0.3, -0.25) is 14.3 Å². The van der Waals surface area contributed by atoms with Gasteiger partial charge in [0.1, 0.15) is 11.6 Å². The Balaban J connectivity index is 1.72. The summed E-state index contributed by atoms with van der Waals surface area (Å²) >= 11 is 1.59. The van der Waals surface area contributed by atoms with Gasteiger partial charge in [-0.1, -0.05) is 18.2 Å². The van der Waals surface area contributed by atoms with Crippen LogP contribution in [0.3, 0.4) is 0 Å². The number of ether oxygens (including phenoxy) is 1. The van der Waals surface area contributed by atoms with Gasteiger partial charge in [0.25, 0.3) is 5.91 Å². The van der Waals surface area contributed by atoms with Gasteiger partial charge in [-0.25, -0.2) is 0 Å². The zero-order valence-electron chi connectivity index (χ0n) is 15.6. The summed E-state index contributed by atoms with van der Waals surface area (Å²) in [6.07, 6.45) is 0.317. The first-order valence-corrected chi connectivity index (χ1v) is 9.89. The Morgan fingerprint density at radius 3 is 2.93 bits per heavy atom. The summed E-state index contributed by atoms with van der Waals surface area (Å²) < 4.78 is 7.16. The minimum absolute atomic E-state index is 0.0616. The number of nitrogens with one attached hydrogen (secondary N) is 2. The molecular formula is C20H20N4O3S. The van der Waals surface area contributed by atoms with E-state index in [1.54, 1.807) is 41.3 Å². The Labute approximate surface area is 166 Å². The largest absolute Gasteiger partial charge is 0.493 e. The highest BCUT2D eigenvalue weighted by atomic mass is 32.1. The smallest absolute Gasteiger partial charge is 0.260 e. The number of nitrogens with zero attached hydrogens (tertiary/aromatic N) is 2. The lowest BCUT2D eigenvalue weighted by Gasteiger charge is -2.23. The zero-order chi connectivity index (χ0) is 19.7. The molecule has 1 aliphatic rings. The second kappa shape index (κ2) is 7.47. The van der Waals surface area contributed by atoms with Crippen molar-refractivity contribution in [3.05, 3.63) is 57.8 Å². The van der Waals surface area contributed by atoms with Crippen LogP contribution < -0.4 is 15.4 Å². The fourth-order valence-electron chi connectivity index (χ4n) is 3.42. The SMILES string of the molecule is CCOc1ccccc1C(=O)Nc1nn(C)c2c1[C@H](c1cccs1)CC(=O)N2. The van der Waals surface area contributed by atoms with Gasteiger partial charge >= 0.3 is 0 Å². The molecule has 3 heterocycles. The maximum Gasteiger partial charge on any atom is 0.260 e. The number of aromatic nitrogens is 2. The van der Waals surface area contributed by atoms with Gasteiger partial charge in [0.15, 0.2) is 5.82 Å². The van der Waals surface area contributed by atoms with Gasteiger partial charge in [-0.2, -0.15) is 5.10 Å². The molecule has 3 aromatic rings. The van der Waals surface area contributed by atoms with E-state index in [-0.39, 0.29) is 17.7 Å². The van der Waals surface area contributed by atoms with Gasteiger partial charge in [0.2, 0.25) is 5.91 Å². The second-order valence-corrected chi connectivity index (χ2v) is 7.42. The van der Waals surface area contributed by atoms with E-state index >= 15 is 0 Å². The lowest BCUT2D eigenvalue weighted by molar-refractivity contribution is -0.116. The quantitative estimate of drug-likeness (QED) is 0.690. The molecule has 0 bridgehead atoms. The molecule has 1 aliphatic heterocycles. The zero-order valence-corrected chi connectivity index (χ0v) is 16.4. The number of amides is 2. The number of benzene rings is 1. The first-order valence-electron chi connectivity index (χ1n) is 9.01. The molecule has 1 aromatic carbocycles. The van der Waals surface area contributed by atoms with Crippen LogP contribution in [0.15, 0.2) is 41.8 Å². The number of anilines is 2. The minimum atomic E-state index is -0.299. The summed E-state index contributed by atoms with van der Waals surface area (Å²) in [4.78, 5) is 26.2. The molecular weight excluding hydrogens is 376 g/mol. The van der Waals surface area contributed by atoms with Gasteiger partial charge in [0.05, 0.1) is 12.2 Å². The van der Waals surface area contributed by atoms with Crippen molar-refractivity contribution in [2.45, 2.75) is 19.3 Å². The molecule has 0 radical (unpaired) electrons. The van der Waals surface area contributed by atoms with Gasteiger partial charge in [-0.15, -0.1) is 11.3 Å². The number of hydrogen-bond acceptors (Lipinski definition) is 5. The molecule has 0 saturated carbocycles. The van der Waals surface area contributed by atoms with Crippen LogP contribution in [-0.2, 0) is 11.8 Å². The Hall–Kier alpha value is -3.13. The van der Waals surface area contributed by atoms with Crippen LogP contribution in [0.1, 0.15) is 40.1 Å².